The van der Waals surface area contributed by atoms with Crippen LogP contribution in [-0.4, -0.2) is 75.8 Å². The van der Waals surface area contributed by atoms with Gasteiger partial charge in [0.05, 0.1) is 12.0 Å². The predicted molar refractivity (Wildman–Crippen MR) is 113 cm³/mol. The van der Waals surface area contributed by atoms with Crippen LogP contribution in [0.25, 0.3) is 10.8 Å². The Morgan fingerprint density at radius 1 is 1.29 bits per heavy atom. The number of amides is 4. The highest BCUT2D eigenvalue weighted by molar-refractivity contribution is 7.13. The van der Waals surface area contributed by atoms with Crippen molar-refractivity contribution in [3.05, 3.63) is 29.5 Å². The van der Waals surface area contributed by atoms with Crippen molar-refractivity contribution < 1.29 is 18.8 Å². The largest absolute Gasteiger partial charge is 0.462 e. The second kappa shape index (κ2) is 7.76. The Kier molecular flexibility index (Phi) is 5.05. The standard InChI is InChI=1S/C21H25N5O4S/c1-21(14-4-5-14)19(28)26(20(29)23-21)12-17(27)25-8-6-24(7-9-25)11-15-13-31-18(22-15)16-3-2-10-30-16/h2-3,10,13-14H,4-9,11-12H2,1H3,(H,23,29)/t21-/m1/s1. The van der Waals surface area contributed by atoms with Gasteiger partial charge in [-0.1, -0.05) is 0 Å². The molecule has 4 heterocycles. The molecule has 3 fully saturated rings. The molecule has 2 aromatic rings. The number of imide groups is 1. The molecule has 0 aromatic carbocycles. The lowest BCUT2D eigenvalue weighted by atomic mass is 9.96. The normalized spacial score (nSPS) is 24.7. The fraction of sp³-hybridized carbons (Fsp3) is 0.524. The van der Waals surface area contributed by atoms with Crippen LogP contribution in [0, 0.1) is 5.92 Å². The van der Waals surface area contributed by atoms with Gasteiger partial charge in [0.2, 0.25) is 5.91 Å². The lowest BCUT2D eigenvalue weighted by Crippen LogP contribution is -2.52. The van der Waals surface area contributed by atoms with Gasteiger partial charge in [0.25, 0.3) is 5.91 Å². The highest BCUT2D eigenvalue weighted by Gasteiger charge is 2.56. The summed E-state index contributed by atoms with van der Waals surface area (Å²) in [6, 6.07) is 3.28. The summed E-state index contributed by atoms with van der Waals surface area (Å²) < 4.78 is 5.40. The summed E-state index contributed by atoms with van der Waals surface area (Å²) in [5.74, 6) is 0.497. The van der Waals surface area contributed by atoms with Crippen LogP contribution in [0.3, 0.4) is 0 Å². The van der Waals surface area contributed by atoms with E-state index < -0.39 is 11.6 Å². The molecule has 0 bridgehead atoms. The van der Waals surface area contributed by atoms with Crippen molar-refractivity contribution in [2.75, 3.05) is 32.7 Å². The SMILES string of the molecule is C[C@]1(C2CC2)NC(=O)N(CC(=O)N2CCN(Cc3csc(-c4ccco4)n3)CC2)C1=O. The zero-order valence-corrected chi connectivity index (χ0v) is 18.2. The third-order valence-corrected chi connectivity index (χ3v) is 7.29. The summed E-state index contributed by atoms with van der Waals surface area (Å²) in [6.07, 6.45) is 3.51. The molecular formula is C21H25N5O4S. The number of furan rings is 1. The minimum absolute atomic E-state index is 0.183. The summed E-state index contributed by atoms with van der Waals surface area (Å²) in [7, 11) is 0. The number of nitrogens with zero attached hydrogens (tertiary/aromatic N) is 4. The van der Waals surface area contributed by atoms with E-state index in [1.807, 2.05) is 17.5 Å². The number of thiazole rings is 1. The van der Waals surface area contributed by atoms with Gasteiger partial charge in [0.15, 0.2) is 10.8 Å². The number of urea groups is 1. The van der Waals surface area contributed by atoms with Crippen molar-refractivity contribution >= 4 is 29.2 Å². The van der Waals surface area contributed by atoms with Crippen LogP contribution in [-0.2, 0) is 16.1 Å². The zero-order valence-electron chi connectivity index (χ0n) is 17.4. The Morgan fingerprint density at radius 2 is 2.06 bits per heavy atom. The second-order valence-corrected chi connectivity index (χ2v) is 9.43. The molecule has 4 amide bonds. The molecule has 2 aliphatic heterocycles. The van der Waals surface area contributed by atoms with Crippen molar-refractivity contribution in [3.8, 4) is 10.8 Å². The van der Waals surface area contributed by atoms with Crippen molar-refractivity contribution in [1.29, 1.82) is 0 Å². The van der Waals surface area contributed by atoms with Crippen LogP contribution < -0.4 is 5.32 Å². The van der Waals surface area contributed by atoms with E-state index in [4.69, 9.17) is 4.42 Å². The van der Waals surface area contributed by atoms with E-state index in [0.29, 0.717) is 19.6 Å². The van der Waals surface area contributed by atoms with E-state index in [-0.39, 0.29) is 24.3 Å². The molecule has 31 heavy (non-hydrogen) atoms. The highest BCUT2D eigenvalue weighted by Crippen LogP contribution is 2.42. The molecule has 1 atom stereocenters. The van der Waals surface area contributed by atoms with E-state index in [0.717, 1.165) is 47.3 Å². The molecule has 0 spiro atoms. The number of aromatic nitrogens is 1. The molecule has 3 aliphatic rings. The fourth-order valence-corrected chi connectivity index (χ4v) is 5.09. The maximum Gasteiger partial charge on any atom is 0.325 e. The molecule has 1 N–H and O–H groups in total. The molecule has 5 rings (SSSR count). The van der Waals surface area contributed by atoms with Gasteiger partial charge in [-0.15, -0.1) is 11.3 Å². The molecule has 9 nitrogen and oxygen atoms in total. The van der Waals surface area contributed by atoms with E-state index in [9.17, 15) is 14.4 Å². The Bertz CT molecular complexity index is 993. The maximum absolute atomic E-state index is 12.8. The molecule has 1 saturated carbocycles. The van der Waals surface area contributed by atoms with Crippen molar-refractivity contribution in [3.63, 3.8) is 0 Å². The Morgan fingerprint density at radius 3 is 2.74 bits per heavy atom. The average Bonchev–Trinajstić information content (AvgIpc) is 3.20. The number of hydrogen-bond acceptors (Lipinski definition) is 7. The van der Waals surface area contributed by atoms with Crippen LogP contribution in [0.1, 0.15) is 25.5 Å². The lowest BCUT2D eigenvalue weighted by molar-refractivity contribution is -0.140. The van der Waals surface area contributed by atoms with E-state index in [1.165, 1.54) is 0 Å². The van der Waals surface area contributed by atoms with Gasteiger partial charge < -0.3 is 14.6 Å². The fourth-order valence-electron chi connectivity index (χ4n) is 4.31. The van der Waals surface area contributed by atoms with E-state index >= 15 is 0 Å². The zero-order chi connectivity index (χ0) is 21.6. The van der Waals surface area contributed by atoms with Gasteiger partial charge in [-0.2, -0.15) is 0 Å². The number of nitrogens with one attached hydrogen (secondary N) is 1. The van der Waals surface area contributed by atoms with Crippen LogP contribution in [0.2, 0.25) is 0 Å². The summed E-state index contributed by atoms with van der Waals surface area (Å²) in [6.45, 7) is 4.87. The Labute approximate surface area is 184 Å². The molecule has 2 aromatic heterocycles. The van der Waals surface area contributed by atoms with Gasteiger partial charge in [-0.05, 0) is 37.8 Å². The van der Waals surface area contributed by atoms with Crippen LogP contribution >= 0.6 is 11.3 Å². The molecular weight excluding hydrogens is 418 g/mol. The number of rotatable bonds is 6. The number of hydrogen-bond donors (Lipinski definition) is 1. The first-order valence-electron chi connectivity index (χ1n) is 10.6. The van der Waals surface area contributed by atoms with Crippen molar-refractivity contribution in [2.24, 2.45) is 5.92 Å². The van der Waals surface area contributed by atoms with Crippen LogP contribution in [0.5, 0.6) is 0 Å². The second-order valence-electron chi connectivity index (χ2n) is 8.58. The number of piperazine rings is 1. The third-order valence-electron chi connectivity index (χ3n) is 6.38. The summed E-state index contributed by atoms with van der Waals surface area (Å²) in [4.78, 5) is 47.5. The van der Waals surface area contributed by atoms with Gasteiger partial charge >= 0.3 is 6.03 Å². The molecule has 0 radical (unpaired) electrons. The monoisotopic (exact) mass is 443 g/mol. The number of carbonyl (C=O) groups is 3. The first kappa shape index (κ1) is 20.2. The van der Waals surface area contributed by atoms with E-state index in [1.54, 1.807) is 29.4 Å². The van der Waals surface area contributed by atoms with Crippen molar-refractivity contribution in [1.82, 2.24) is 25.0 Å². The average molecular weight is 444 g/mol. The smallest absolute Gasteiger partial charge is 0.325 e. The first-order chi connectivity index (χ1) is 14.9. The van der Waals surface area contributed by atoms with Gasteiger partial charge in [-0.3, -0.25) is 19.4 Å². The van der Waals surface area contributed by atoms with Gasteiger partial charge in [0, 0.05) is 38.1 Å². The predicted octanol–water partition coefficient (Wildman–Crippen LogP) is 1.77. The lowest BCUT2D eigenvalue weighted by Gasteiger charge is -2.35. The molecule has 0 unspecified atom stereocenters. The summed E-state index contributed by atoms with van der Waals surface area (Å²) >= 11 is 1.55. The van der Waals surface area contributed by atoms with Gasteiger partial charge in [-0.25, -0.2) is 9.78 Å². The topological polar surface area (TPSA) is 99.0 Å². The summed E-state index contributed by atoms with van der Waals surface area (Å²) in [5, 5.41) is 5.69. The first-order valence-corrected chi connectivity index (χ1v) is 11.4. The molecule has 1 aliphatic carbocycles. The molecule has 164 valence electrons. The van der Waals surface area contributed by atoms with Crippen LogP contribution in [0.4, 0.5) is 4.79 Å². The van der Waals surface area contributed by atoms with Gasteiger partial charge in [0.1, 0.15) is 12.1 Å². The number of carbonyl (C=O) groups excluding carboxylic acids is 3. The molecule has 2 saturated heterocycles. The van der Waals surface area contributed by atoms with Crippen molar-refractivity contribution in [2.45, 2.75) is 31.8 Å². The minimum atomic E-state index is -0.849. The minimum Gasteiger partial charge on any atom is -0.462 e. The third kappa shape index (κ3) is 3.85. The van der Waals surface area contributed by atoms with Crippen LogP contribution in [0.15, 0.2) is 28.2 Å². The van der Waals surface area contributed by atoms with E-state index in [2.05, 4.69) is 15.2 Å². The quantitative estimate of drug-likeness (QED) is 0.683. The maximum atomic E-state index is 12.8. The molecule has 10 heteroatoms. The highest BCUT2D eigenvalue weighted by atomic mass is 32.1. The summed E-state index contributed by atoms with van der Waals surface area (Å²) in [5.41, 5.74) is 0.132. The Hall–Kier alpha value is -2.72. The Balaban J connectivity index is 1.12.